The summed E-state index contributed by atoms with van der Waals surface area (Å²) < 4.78 is 33.2. The molecule has 0 saturated heterocycles. The molecule has 20 heavy (non-hydrogen) atoms. The first-order valence-corrected chi connectivity index (χ1v) is 8.33. The van der Waals surface area contributed by atoms with Gasteiger partial charge in [-0.2, -0.15) is 0 Å². The molecule has 5 nitrogen and oxygen atoms in total. The van der Waals surface area contributed by atoms with Gasteiger partial charge < -0.3 is 4.55 Å². The maximum atomic E-state index is 10.4. The highest BCUT2D eigenvalue weighted by Gasteiger charge is 2.08. The summed E-state index contributed by atoms with van der Waals surface area (Å²) in [7, 11) is -4.27. The molecule has 1 aromatic carbocycles. The van der Waals surface area contributed by atoms with Crippen molar-refractivity contribution in [2.45, 2.75) is 39.1 Å². The minimum absolute atomic E-state index is 0.178. The van der Waals surface area contributed by atoms with Crippen LogP contribution in [0.25, 0.3) is 0 Å². The molecule has 0 radical (unpaired) electrons. The SMILES string of the molecule is CC[n+]1nc(C)sc1C.Cc1ccc(S(=O)(=O)[O-])cc1. The number of hydrogen-bond donors (Lipinski definition) is 0. The third-order valence-corrected chi connectivity index (χ3v) is 4.26. The number of aryl methyl sites for hydroxylation is 4. The molecule has 7 heteroatoms. The first-order valence-electron chi connectivity index (χ1n) is 6.10. The Balaban J connectivity index is 0.000000204. The number of rotatable bonds is 2. The van der Waals surface area contributed by atoms with Gasteiger partial charge in [0.2, 0.25) is 0 Å². The van der Waals surface area contributed by atoms with Crippen molar-refractivity contribution in [2.24, 2.45) is 0 Å². The average molecular weight is 314 g/mol. The second-order valence-electron chi connectivity index (χ2n) is 4.22. The first-order chi connectivity index (χ1) is 9.24. The monoisotopic (exact) mass is 314 g/mol. The molecule has 2 rings (SSSR count). The molecule has 0 N–H and O–H groups in total. The van der Waals surface area contributed by atoms with E-state index in [0.717, 1.165) is 17.1 Å². The van der Waals surface area contributed by atoms with Crippen LogP contribution in [0.2, 0.25) is 0 Å². The van der Waals surface area contributed by atoms with Crippen molar-refractivity contribution in [1.82, 2.24) is 5.10 Å². The van der Waals surface area contributed by atoms with Gasteiger partial charge in [-0.25, -0.2) is 8.42 Å². The molecule has 0 bridgehead atoms. The van der Waals surface area contributed by atoms with Crippen molar-refractivity contribution >= 4 is 21.5 Å². The Labute approximate surface area is 123 Å². The molecule has 0 aliphatic carbocycles. The van der Waals surface area contributed by atoms with E-state index in [0.29, 0.717) is 0 Å². The summed E-state index contributed by atoms with van der Waals surface area (Å²) >= 11 is 1.75. The van der Waals surface area contributed by atoms with Crippen LogP contribution in [0.3, 0.4) is 0 Å². The summed E-state index contributed by atoms with van der Waals surface area (Å²) in [5, 5.41) is 6.70. The topological polar surface area (TPSA) is 74.0 Å². The van der Waals surface area contributed by atoms with Crippen molar-refractivity contribution in [2.75, 3.05) is 0 Å². The number of nitrogens with zero attached hydrogens (tertiary/aromatic N) is 2. The van der Waals surface area contributed by atoms with Gasteiger partial charge in [-0.1, -0.05) is 33.7 Å². The molecule has 0 unspecified atom stereocenters. The Morgan fingerprint density at radius 3 is 2.05 bits per heavy atom. The van der Waals surface area contributed by atoms with Crippen molar-refractivity contribution in [3.05, 3.63) is 39.8 Å². The molecule has 0 aliphatic heterocycles. The second-order valence-corrected chi connectivity index (χ2v) is 6.99. The fourth-order valence-electron chi connectivity index (χ4n) is 1.53. The van der Waals surface area contributed by atoms with Crippen LogP contribution in [0.15, 0.2) is 29.2 Å². The zero-order valence-electron chi connectivity index (χ0n) is 12.0. The van der Waals surface area contributed by atoms with Crippen LogP contribution in [0, 0.1) is 20.8 Å². The van der Waals surface area contributed by atoms with Crippen molar-refractivity contribution in [3.63, 3.8) is 0 Å². The minimum atomic E-state index is -4.27. The molecule has 110 valence electrons. The third kappa shape index (κ3) is 4.99. The summed E-state index contributed by atoms with van der Waals surface area (Å²) in [6, 6.07) is 5.78. The highest BCUT2D eigenvalue weighted by atomic mass is 32.2. The van der Waals surface area contributed by atoms with Crippen molar-refractivity contribution in [1.29, 1.82) is 0 Å². The quantitative estimate of drug-likeness (QED) is 0.627. The van der Waals surface area contributed by atoms with Gasteiger partial charge in [-0.05, 0) is 32.9 Å². The fourth-order valence-corrected chi connectivity index (χ4v) is 2.84. The normalized spacial score (nSPS) is 10.8. The zero-order chi connectivity index (χ0) is 15.3. The first kappa shape index (κ1) is 16.7. The highest BCUT2D eigenvalue weighted by Crippen LogP contribution is 2.08. The number of hydrogen-bond acceptors (Lipinski definition) is 5. The van der Waals surface area contributed by atoms with Gasteiger partial charge in [-0.3, -0.25) is 0 Å². The molecular formula is C13H18N2O3S2. The largest absolute Gasteiger partial charge is 0.744 e. The maximum absolute atomic E-state index is 10.4. The Morgan fingerprint density at radius 1 is 1.20 bits per heavy atom. The lowest BCUT2D eigenvalue weighted by Gasteiger charge is -2.05. The molecule has 2 aromatic rings. The summed E-state index contributed by atoms with van der Waals surface area (Å²) in [5.74, 6) is 0. The molecule has 0 fully saturated rings. The predicted molar refractivity (Wildman–Crippen MR) is 76.6 cm³/mol. The fraction of sp³-hybridized carbons (Fsp3) is 0.385. The molecule has 1 aromatic heterocycles. The molecular weight excluding hydrogens is 296 g/mol. The molecule has 0 saturated carbocycles. The second kappa shape index (κ2) is 6.92. The standard InChI is InChI=1S/C7H8O3S.C6H11N2S/c1-6-2-4-7(5-3-6)11(8,9)10;1-4-8-6(3)9-5(2)7-8/h2-5H,1H3,(H,8,9,10);4H2,1-3H3/q;+1/p-1. The average Bonchev–Trinajstić information content (AvgIpc) is 2.68. The molecule has 0 aliphatic rings. The Hall–Kier alpha value is -1.31. The summed E-state index contributed by atoms with van der Waals surface area (Å²) in [4.78, 5) is -0.178. The third-order valence-electron chi connectivity index (χ3n) is 2.53. The van der Waals surface area contributed by atoms with E-state index in [1.54, 1.807) is 23.5 Å². The van der Waals surface area contributed by atoms with E-state index in [-0.39, 0.29) is 4.90 Å². The Bertz CT molecular complexity index is 661. The van der Waals surface area contributed by atoms with Crippen LogP contribution in [0.1, 0.15) is 22.5 Å². The van der Waals surface area contributed by atoms with Gasteiger partial charge in [0, 0.05) is 12.0 Å². The van der Waals surface area contributed by atoms with Crippen LogP contribution >= 0.6 is 11.3 Å². The van der Waals surface area contributed by atoms with Gasteiger partial charge >= 0.3 is 0 Å². The summed E-state index contributed by atoms with van der Waals surface area (Å²) in [5.41, 5.74) is 0.928. The minimum Gasteiger partial charge on any atom is -0.744 e. The van der Waals surface area contributed by atoms with Crippen LogP contribution in [0.5, 0.6) is 0 Å². The van der Waals surface area contributed by atoms with Crippen molar-refractivity contribution < 1.29 is 17.7 Å². The Kier molecular flexibility index (Phi) is 5.79. The molecule has 0 amide bonds. The van der Waals surface area contributed by atoms with Gasteiger partial charge in [0.1, 0.15) is 10.1 Å². The van der Waals surface area contributed by atoms with Gasteiger partial charge in [0.25, 0.3) is 5.01 Å². The maximum Gasteiger partial charge on any atom is 0.262 e. The van der Waals surface area contributed by atoms with E-state index in [1.165, 1.54) is 17.1 Å². The molecule has 0 atom stereocenters. The predicted octanol–water partition coefficient (Wildman–Crippen LogP) is 1.97. The van der Waals surface area contributed by atoms with E-state index >= 15 is 0 Å². The van der Waals surface area contributed by atoms with Gasteiger partial charge in [0.15, 0.2) is 11.6 Å². The lowest BCUT2D eigenvalue weighted by molar-refractivity contribution is -0.751. The molecule has 1 heterocycles. The molecule has 0 spiro atoms. The van der Waals surface area contributed by atoms with E-state index < -0.39 is 10.1 Å². The number of aromatic nitrogens is 2. The highest BCUT2D eigenvalue weighted by molar-refractivity contribution is 7.85. The van der Waals surface area contributed by atoms with Crippen LogP contribution in [-0.4, -0.2) is 18.1 Å². The lowest BCUT2D eigenvalue weighted by atomic mass is 10.2. The van der Waals surface area contributed by atoms with E-state index in [4.69, 9.17) is 0 Å². The lowest BCUT2D eigenvalue weighted by Crippen LogP contribution is -2.36. The van der Waals surface area contributed by atoms with E-state index in [9.17, 15) is 13.0 Å². The summed E-state index contributed by atoms with van der Waals surface area (Å²) in [6.07, 6.45) is 0. The zero-order valence-corrected chi connectivity index (χ0v) is 13.6. The Morgan fingerprint density at radius 2 is 1.75 bits per heavy atom. The van der Waals surface area contributed by atoms with Crippen molar-refractivity contribution in [3.8, 4) is 0 Å². The van der Waals surface area contributed by atoms with E-state index in [1.807, 2.05) is 18.5 Å². The van der Waals surface area contributed by atoms with Crippen LogP contribution in [0.4, 0.5) is 0 Å². The van der Waals surface area contributed by atoms with Crippen LogP contribution in [-0.2, 0) is 16.7 Å². The van der Waals surface area contributed by atoms with Gasteiger partial charge in [-0.15, -0.1) is 0 Å². The smallest absolute Gasteiger partial charge is 0.262 e. The van der Waals surface area contributed by atoms with Gasteiger partial charge in [0.05, 0.1) is 4.90 Å². The van der Waals surface area contributed by atoms with E-state index in [2.05, 4.69) is 18.9 Å². The summed E-state index contributed by atoms with van der Waals surface area (Å²) in [6.45, 7) is 9.03. The van der Waals surface area contributed by atoms with Crippen LogP contribution < -0.4 is 4.68 Å². The number of benzene rings is 1.